The number of aliphatic hydroxyl groups excluding tert-OH is 1. The Labute approximate surface area is 103 Å². The van der Waals surface area contributed by atoms with Gasteiger partial charge < -0.3 is 15.3 Å². The third kappa shape index (κ3) is 3.58. The lowest BCUT2D eigenvalue weighted by atomic mass is 9.84. The summed E-state index contributed by atoms with van der Waals surface area (Å²) in [7, 11) is 0. The van der Waals surface area contributed by atoms with Crippen LogP contribution in [0, 0.1) is 5.92 Å². The number of aliphatic hydroxyl groups is 1. The largest absolute Gasteiger partial charge is 0.467 e. The highest BCUT2D eigenvalue weighted by molar-refractivity contribution is 5.04. The summed E-state index contributed by atoms with van der Waals surface area (Å²) < 4.78 is 5.18. The molecule has 0 amide bonds. The summed E-state index contributed by atoms with van der Waals surface area (Å²) in [6.45, 7) is 0. The molecule has 1 aromatic rings. The molecule has 0 aromatic carbocycles. The minimum Gasteiger partial charge on any atom is -0.467 e. The molecule has 0 spiro atoms. The van der Waals surface area contributed by atoms with E-state index in [0.29, 0.717) is 5.76 Å². The van der Waals surface area contributed by atoms with Crippen molar-refractivity contribution in [2.75, 3.05) is 0 Å². The van der Waals surface area contributed by atoms with Crippen molar-refractivity contribution in [3.05, 3.63) is 24.2 Å². The Morgan fingerprint density at radius 2 is 2.12 bits per heavy atom. The summed E-state index contributed by atoms with van der Waals surface area (Å²) in [5.74, 6) is 1.40. The van der Waals surface area contributed by atoms with Gasteiger partial charge in [-0.1, -0.05) is 32.1 Å². The molecule has 0 aliphatic heterocycles. The molecule has 2 rings (SSSR count). The van der Waals surface area contributed by atoms with Crippen molar-refractivity contribution < 1.29 is 9.52 Å². The molecule has 1 heterocycles. The molecule has 1 aromatic heterocycles. The average Bonchev–Trinajstić information content (AvgIpc) is 2.90. The van der Waals surface area contributed by atoms with Crippen LogP contribution in [0.3, 0.4) is 0 Å². The molecule has 1 aliphatic carbocycles. The highest BCUT2D eigenvalue weighted by Crippen LogP contribution is 2.29. The van der Waals surface area contributed by atoms with Crippen LogP contribution in [0.1, 0.15) is 56.8 Å². The van der Waals surface area contributed by atoms with Gasteiger partial charge in [0.25, 0.3) is 0 Å². The highest BCUT2D eigenvalue weighted by Gasteiger charge is 2.21. The van der Waals surface area contributed by atoms with Gasteiger partial charge in [0.05, 0.1) is 6.26 Å². The SMILES string of the molecule is N[C@@H](CCC1CCCCC1)[C@@H](O)c1ccco1. The smallest absolute Gasteiger partial charge is 0.133 e. The predicted molar refractivity (Wildman–Crippen MR) is 67.5 cm³/mol. The summed E-state index contributed by atoms with van der Waals surface area (Å²) >= 11 is 0. The molecule has 0 bridgehead atoms. The van der Waals surface area contributed by atoms with Gasteiger partial charge in [0.2, 0.25) is 0 Å². The van der Waals surface area contributed by atoms with Gasteiger partial charge in [-0.2, -0.15) is 0 Å². The second-order valence-corrected chi connectivity index (χ2v) is 5.21. The number of furan rings is 1. The van der Waals surface area contributed by atoms with Crippen molar-refractivity contribution in [2.45, 2.75) is 57.1 Å². The van der Waals surface area contributed by atoms with E-state index in [9.17, 15) is 5.11 Å². The zero-order chi connectivity index (χ0) is 12.1. The van der Waals surface area contributed by atoms with E-state index in [0.717, 1.165) is 18.8 Å². The third-order valence-electron chi connectivity index (χ3n) is 3.87. The van der Waals surface area contributed by atoms with Gasteiger partial charge in [-0.3, -0.25) is 0 Å². The zero-order valence-electron chi connectivity index (χ0n) is 10.3. The monoisotopic (exact) mass is 237 g/mol. The maximum Gasteiger partial charge on any atom is 0.133 e. The summed E-state index contributed by atoms with van der Waals surface area (Å²) in [6.07, 6.45) is 9.72. The molecule has 3 heteroatoms. The molecule has 17 heavy (non-hydrogen) atoms. The minimum absolute atomic E-state index is 0.205. The van der Waals surface area contributed by atoms with Crippen LogP contribution in [0.15, 0.2) is 22.8 Å². The molecule has 1 fully saturated rings. The lowest BCUT2D eigenvalue weighted by molar-refractivity contribution is 0.113. The van der Waals surface area contributed by atoms with Crippen LogP contribution in [0.2, 0.25) is 0 Å². The molecule has 2 atom stereocenters. The first-order valence-corrected chi connectivity index (χ1v) is 6.74. The van der Waals surface area contributed by atoms with Crippen LogP contribution in [0.5, 0.6) is 0 Å². The fourth-order valence-electron chi connectivity index (χ4n) is 2.73. The van der Waals surface area contributed by atoms with Crippen LogP contribution in [0.25, 0.3) is 0 Å². The Balaban J connectivity index is 1.74. The molecule has 0 saturated heterocycles. The van der Waals surface area contributed by atoms with Gasteiger partial charge >= 0.3 is 0 Å². The van der Waals surface area contributed by atoms with Crippen molar-refractivity contribution in [1.82, 2.24) is 0 Å². The number of rotatable bonds is 5. The molecule has 3 N–H and O–H groups in total. The first-order valence-electron chi connectivity index (χ1n) is 6.74. The lowest BCUT2D eigenvalue weighted by Gasteiger charge is -2.24. The Hall–Kier alpha value is -0.800. The maximum atomic E-state index is 9.99. The van der Waals surface area contributed by atoms with E-state index in [1.54, 1.807) is 18.4 Å². The van der Waals surface area contributed by atoms with Crippen molar-refractivity contribution >= 4 is 0 Å². The summed E-state index contributed by atoms with van der Waals surface area (Å²) in [4.78, 5) is 0. The van der Waals surface area contributed by atoms with Crippen molar-refractivity contribution in [1.29, 1.82) is 0 Å². The van der Waals surface area contributed by atoms with Crippen LogP contribution in [-0.4, -0.2) is 11.1 Å². The number of nitrogens with two attached hydrogens (primary N) is 1. The zero-order valence-corrected chi connectivity index (χ0v) is 10.3. The molecule has 0 radical (unpaired) electrons. The van der Waals surface area contributed by atoms with Crippen LogP contribution in [-0.2, 0) is 0 Å². The van der Waals surface area contributed by atoms with Crippen LogP contribution >= 0.6 is 0 Å². The Bertz CT molecular complexity index is 304. The lowest BCUT2D eigenvalue weighted by Crippen LogP contribution is -2.29. The average molecular weight is 237 g/mol. The second kappa shape index (κ2) is 6.22. The topological polar surface area (TPSA) is 59.4 Å². The minimum atomic E-state index is -0.659. The number of hydrogen-bond acceptors (Lipinski definition) is 3. The van der Waals surface area contributed by atoms with Crippen molar-refractivity contribution in [2.24, 2.45) is 11.7 Å². The standard InChI is InChI=1S/C14H23NO2/c15-12(14(16)13-7-4-10-17-13)9-8-11-5-2-1-3-6-11/h4,7,10-12,14,16H,1-3,5-6,8-9,15H2/t12-,14+/m0/s1. The predicted octanol–water partition coefficient (Wildman–Crippen LogP) is 3.00. The Morgan fingerprint density at radius 1 is 1.35 bits per heavy atom. The van der Waals surface area contributed by atoms with E-state index in [2.05, 4.69) is 0 Å². The van der Waals surface area contributed by atoms with Gasteiger partial charge in [-0.15, -0.1) is 0 Å². The first-order chi connectivity index (χ1) is 8.27. The fourth-order valence-corrected chi connectivity index (χ4v) is 2.73. The van der Waals surface area contributed by atoms with Crippen molar-refractivity contribution in [3.8, 4) is 0 Å². The summed E-state index contributed by atoms with van der Waals surface area (Å²) in [6, 6.07) is 3.36. The van der Waals surface area contributed by atoms with E-state index >= 15 is 0 Å². The van der Waals surface area contributed by atoms with Gasteiger partial charge in [0, 0.05) is 6.04 Å². The van der Waals surface area contributed by atoms with Gasteiger partial charge in [-0.25, -0.2) is 0 Å². The van der Waals surface area contributed by atoms with Crippen LogP contribution < -0.4 is 5.73 Å². The second-order valence-electron chi connectivity index (χ2n) is 5.21. The summed E-state index contributed by atoms with van der Waals surface area (Å²) in [5.41, 5.74) is 6.02. The van der Waals surface area contributed by atoms with Gasteiger partial charge in [-0.05, 0) is 30.9 Å². The van der Waals surface area contributed by atoms with E-state index < -0.39 is 6.10 Å². The molecular weight excluding hydrogens is 214 g/mol. The quantitative estimate of drug-likeness (QED) is 0.827. The van der Waals surface area contributed by atoms with Gasteiger partial charge in [0.15, 0.2) is 0 Å². The third-order valence-corrected chi connectivity index (χ3v) is 3.87. The molecular formula is C14H23NO2. The normalized spacial score (nSPS) is 21.3. The number of hydrogen-bond donors (Lipinski definition) is 2. The first kappa shape index (κ1) is 12.7. The summed E-state index contributed by atoms with van der Waals surface area (Å²) in [5, 5.41) is 9.99. The fraction of sp³-hybridized carbons (Fsp3) is 0.714. The molecule has 1 aliphatic rings. The van der Waals surface area contributed by atoms with E-state index in [1.165, 1.54) is 32.1 Å². The van der Waals surface area contributed by atoms with Crippen LogP contribution in [0.4, 0.5) is 0 Å². The highest BCUT2D eigenvalue weighted by atomic mass is 16.4. The maximum absolute atomic E-state index is 9.99. The van der Waals surface area contributed by atoms with Crippen molar-refractivity contribution in [3.63, 3.8) is 0 Å². The molecule has 0 unspecified atom stereocenters. The molecule has 1 saturated carbocycles. The van der Waals surface area contributed by atoms with E-state index in [4.69, 9.17) is 10.2 Å². The Kier molecular flexibility index (Phi) is 4.63. The van der Waals surface area contributed by atoms with Gasteiger partial charge in [0.1, 0.15) is 11.9 Å². The Morgan fingerprint density at radius 3 is 2.76 bits per heavy atom. The molecule has 96 valence electrons. The molecule has 3 nitrogen and oxygen atoms in total. The van der Waals surface area contributed by atoms with E-state index in [-0.39, 0.29) is 6.04 Å². The van der Waals surface area contributed by atoms with E-state index in [1.807, 2.05) is 0 Å².